The molecule has 6 heteroatoms. The highest BCUT2D eigenvalue weighted by molar-refractivity contribution is 7.89. The number of hydrogen-bond acceptors (Lipinski definition) is 4. The fourth-order valence-corrected chi connectivity index (χ4v) is 3.64. The summed E-state index contributed by atoms with van der Waals surface area (Å²) in [5, 5.41) is 8.64. The monoisotopic (exact) mass is 279 g/mol. The lowest BCUT2D eigenvalue weighted by Gasteiger charge is -2.17. The fraction of sp³-hybridized carbons (Fsp3) is 0.538. The first kappa shape index (κ1) is 14.0. The van der Waals surface area contributed by atoms with Gasteiger partial charge in [0.1, 0.15) is 16.7 Å². The maximum atomic E-state index is 12.2. The quantitative estimate of drug-likeness (QED) is 0.914. The molecule has 1 aromatic heterocycles. The molecule has 0 amide bonds. The van der Waals surface area contributed by atoms with Gasteiger partial charge in [0.05, 0.1) is 0 Å². The maximum absolute atomic E-state index is 12.2. The third-order valence-corrected chi connectivity index (χ3v) is 4.96. The first-order chi connectivity index (χ1) is 8.82. The number of sulfonamides is 1. The molecular formula is C13H17N3O2S. The van der Waals surface area contributed by atoms with Crippen LogP contribution in [-0.2, 0) is 10.0 Å². The molecule has 1 fully saturated rings. The van der Waals surface area contributed by atoms with Crippen molar-refractivity contribution in [1.29, 1.82) is 5.26 Å². The van der Waals surface area contributed by atoms with Gasteiger partial charge in [-0.2, -0.15) is 5.26 Å². The molecule has 0 aromatic carbocycles. The van der Waals surface area contributed by atoms with E-state index in [-0.39, 0.29) is 22.0 Å². The van der Waals surface area contributed by atoms with Gasteiger partial charge >= 0.3 is 0 Å². The summed E-state index contributed by atoms with van der Waals surface area (Å²) >= 11 is 0. The Morgan fingerprint density at radius 3 is 2.68 bits per heavy atom. The summed E-state index contributed by atoms with van der Waals surface area (Å²) in [4.78, 5) is 3.89. The van der Waals surface area contributed by atoms with Crippen LogP contribution < -0.4 is 4.72 Å². The minimum Gasteiger partial charge on any atom is -0.244 e. The Morgan fingerprint density at radius 1 is 1.47 bits per heavy atom. The molecule has 102 valence electrons. The molecule has 1 aliphatic carbocycles. The van der Waals surface area contributed by atoms with Crippen LogP contribution in [0.5, 0.6) is 0 Å². The zero-order chi connectivity index (χ0) is 14.1. The van der Waals surface area contributed by atoms with Crippen molar-refractivity contribution in [1.82, 2.24) is 9.71 Å². The molecule has 0 saturated heterocycles. The van der Waals surface area contributed by atoms with E-state index in [2.05, 4.69) is 23.6 Å². The topological polar surface area (TPSA) is 82.9 Å². The van der Waals surface area contributed by atoms with Gasteiger partial charge in [-0.1, -0.05) is 13.8 Å². The van der Waals surface area contributed by atoms with E-state index in [0.717, 1.165) is 19.3 Å². The second-order valence-corrected chi connectivity index (χ2v) is 7.43. The minimum absolute atomic E-state index is 0.0179. The molecule has 0 bridgehead atoms. The highest BCUT2D eigenvalue weighted by atomic mass is 32.2. The van der Waals surface area contributed by atoms with Gasteiger partial charge in [-0.15, -0.1) is 0 Å². The van der Waals surface area contributed by atoms with E-state index in [9.17, 15) is 8.42 Å². The standard InChI is InChI=1S/C13H17N3O2S/c1-13(2)6-5-10(7-13)16-19(17,18)12-4-3-11(8-14)15-9-12/h3-4,9-10,16H,5-7H2,1-2H3. The summed E-state index contributed by atoms with van der Waals surface area (Å²) < 4.78 is 27.0. The molecule has 1 saturated carbocycles. The van der Waals surface area contributed by atoms with Gasteiger partial charge in [0.25, 0.3) is 0 Å². The Morgan fingerprint density at radius 2 is 2.21 bits per heavy atom. The minimum atomic E-state index is -3.54. The molecule has 5 nitrogen and oxygen atoms in total. The average molecular weight is 279 g/mol. The van der Waals surface area contributed by atoms with Crippen molar-refractivity contribution < 1.29 is 8.42 Å². The van der Waals surface area contributed by atoms with Crippen LogP contribution >= 0.6 is 0 Å². The molecular weight excluding hydrogens is 262 g/mol. The Labute approximate surface area is 113 Å². The predicted octanol–water partition coefficient (Wildman–Crippen LogP) is 1.81. The number of nitrogens with one attached hydrogen (secondary N) is 1. The van der Waals surface area contributed by atoms with Crippen molar-refractivity contribution in [2.24, 2.45) is 5.41 Å². The molecule has 0 spiro atoms. The van der Waals surface area contributed by atoms with E-state index < -0.39 is 10.0 Å². The zero-order valence-electron chi connectivity index (χ0n) is 11.0. The summed E-state index contributed by atoms with van der Waals surface area (Å²) in [6, 6.07) is 4.67. The Kier molecular flexibility index (Phi) is 3.61. The highest BCUT2D eigenvalue weighted by Gasteiger charge is 2.33. The van der Waals surface area contributed by atoms with Crippen LogP contribution in [0.25, 0.3) is 0 Å². The molecule has 1 N–H and O–H groups in total. The van der Waals surface area contributed by atoms with Crippen molar-refractivity contribution in [2.45, 2.75) is 44.0 Å². The van der Waals surface area contributed by atoms with Crippen LogP contribution in [0, 0.1) is 16.7 Å². The Bertz CT molecular complexity index is 600. The maximum Gasteiger partial charge on any atom is 0.242 e. The van der Waals surface area contributed by atoms with E-state index in [4.69, 9.17) is 5.26 Å². The number of nitrogens with zero attached hydrogens (tertiary/aromatic N) is 2. The molecule has 2 rings (SSSR count). The first-order valence-electron chi connectivity index (χ1n) is 6.21. The third-order valence-electron chi connectivity index (χ3n) is 3.45. The van der Waals surface area contributed by atoms with Crippen molar-refractivity contribution in [3.63, 3.8) is 0 Å². The van der Waals surface area contributed by atoms with Gasteiger partial charge in [-0.25, -0.2) is 18.1 Å². The lowest BCUT2D eigenvalue weighted by atomic mass is 9.92. The number of hydrogen-bond donors (Lipinski definition) is 1. The second-order valence-electron chi connectivity index (χ2n) is 5.72. The van der Waals surface area contributed by atoms with Crippen molar-refractivity contribution in [2.75, 3.05) is 0 Å². The number of pyridine rings is 1. The number of nitriles is 1. The summed E-state index contributed by atoms with van der Waals surface area (Å²) in [6.07, 6.45) is 3.94. The Balaban J connectivity index is 2.12. The zero-order valence-corrected chi connectivity index (χ0v) is 11.9. The molecule has 1 aromatic rings. The van der Waals surface area contributed by atoms with E-state index in [0.29, 0.717) is 0 Å². The van der Waals surface area contributed by atoms with Gasteiger partial charge in [0, 0.05) is 12.2 Å². The van der Waals surface area contributed by atoms with Gasteiger partial charge in [0.15, 0.2) is 0 Å². The van der Waals surface area contributed by atoms with Crippen LogP contribution in [0.3, 0.4) is 0 Å². The van der Waals surface area contributed by atoms with E-state index in [1.54, 1.807) is 0 Å². The first-order valence-corrected chi connectivity index (χ1v) is 7.69. The van der Waals surface area contributed by atoms with Crippen molar-refractivity contribution in [3.8, 4) is 6.07 Å². The lowest BCUT2D eigenvalue weighted by Crippen LogP contribution is -2.33. The molecule has 1 aliphatic rings. The summed E-state index contributed by atoms with van der Waals surface area (Å²) in [5.41, 5.74) is 0.400. The van der Waals surface area contributed by atoms with Gasteiger partial charge in [-0.3, -0.25) is 0 Å². The predicted molar refractivity (Wildman–Crippen MR) is 70.7 cm³/mol. The summed E-state index contributed by atoms with van der Waals surface area (Å²) in [6.45, 7) is 4.29. The van der Waals surface area contributed by atoms with Crippen LogP contribution in [0.4, 0.5) is 0 Å². The molecule has 1 heterocycles. The van der Waals surface area contributed by atoms with E-state index >= 15 is 0 Å². The van der Waals surface area contributed by atoms with Gasteiger partial charge in [0.2, 0.25) is 10.0 Å². The largest absolute Gasteiger partial charge is 0.244 e. The third kappa shape index (κ3) is 3.31. The molecule has 0 radical (unpaired) electrons. The average Bonchev–Trinajstić information content (AvgIpc) is 2.68. The molecule has 0 aliphatic heterocycles. The van der Waals surface area contributed by atoms with Crippen LogP contribution in [-0.4, -0.2) is 19.4 Å². The smallest absolute Gasteiger partial charge is 0.242 e. The molecule has 1 unspecified atom stereocenters. The lowest BCUT2D eigenvalue weighted by molar-refractivity contribution is 0.372. The number of rotatable bonds is 3. The second kappa shape index (κ2) is 4.91. The highest BCUT2D eigenvalue weighted by Crippen LogP contribution is 2.37. The summed E-state index contributed by atoms with van der Waals surface area (Å²) in [7, 11) is -3.54. The van der Waals surface area contributed by atoms with Crippen LogP contribution in [0.1, 0.15) is 38.8 Å². The van der Waals surface area contributed by atoms with Crippen LogP contribution in [0.2, 0.25) is 0 Å². The van der Waals surface area contributed by atoms with Crippen molar-refractivity contribution in [3.05, 3.63) is 24.0 Å². The Hall–Kier alpha value is -1.45. The van der Waals surface area contributed by atoms with Crippen LogP contribution in [0.15, 0.2) is 23.2 Å². The normalized spacial score (nSPS) is 22.1. The van der Waals surface area contributed by atoms with Gasteiger partial charge < -0.3 is 0 Å². The SMILES string of the molecule is CC1(C)CCC(NS(=O)(=O)c2ccc(C#N)nc2)C1. The summed E-state index contributed by atoms with van der Waals surface area (Å²) in [5.74, 6) is 0. The van der Waals surface area contributed by atoms with E-state index in [1.165, 1.54) is 18.3 Å². The molecule has 1 atom stereocenters. The molecule has 19 heavy (non-hydrogen) atoms. The van der Waals surface area contributed by atoms with Gasteiger partial charge in [-0.05, 0) is 36.8 Å². The van der Waals surface area contributed by atoms with Crippen molar-refractivity contribution >= 4 is 10.0 Å². The fourth-order valence-electron chi connectivity index (χ4n) is 2.43. The van der Waals surface area contributed by atoms with E-state index in [1.807, 2.05) is 6.07 Å². The number of aromatic nitrogens is 1.